The summed E-state index contributed by atoms with van der Waals surface area (Å²) in [5.74, 6) is 0.986. The van der Waals surface area contributed by atoms with Crippen LogP contribution < -0.4 is 5.73 Å². The van der Waals surface area contributed by atoms with Crippen LogP contribution in [0.15, 0.2) is 0 Å². The molecule has 2 aliphatic carbocycles. The standard InChI is InChI=1S/C16H30N2O/c1-2-18(15-6-4-3-5-7-15)16(19)12-13-8-10-14(17)11-9-13/h13-15H,2-12,17H2,1H3. The van der Waals surface area contributed by atoms with Crippen LogP contribution in [-0.2, 0) is 4.79 Å². The normalized spacial score (nSPS) is 29.2. The number of hydrogen-bond acceptors (Lipinski definition) is 2. The van der Waals surface area contributed by atoms with Gasteiger partial charge >= 0.3 is 0 Å². The van der Waals surface area contributed by atoms with E-state index >= 15 is 0 Å². The lowest BCUT2D eigenvalue weighted by Gasteiger charge is -2.35. The third-order valence-corrected chi connectivity index (χ3v) is 5.03. The van der Waals surface area contributed by atoms with Crippen LogP contribution in [0.5, 0.6) is 0 Å². The molecule has 0 saturated heterocycles. The van der Waals surface area contributed by atoms with Crippen molar-refractivity contribution in [1.29, 1.82) is 0 Å². The van der Waals surface area contributed by atoms with Gasteiger partial charge in [0.1, 0.15) is 0 Å². The predicted molar refractivity (Wildman–Crippen MR) is 78.8 cm³/mol. The van der Waals surface area contributed by atoms with Gasteiger partial charge in [0.25, 0.3) is 0 Å². The van der Waals surface area contributed by atoms with E-state index in [-0.39, 0.29) is 0 Å². The zero-order valence-corrected chi connectivity index (χ0v) is 12.4. The van der Waals surface area contributed by atoms with Gasteiger partial charge in [-0.1, -0.05) is 19.3 Å². The van der Waals surface area contributed by atoms with Crippen LogP contribution in [0, 0.1) is 5.92 Å². The lowest BCUT2D eigenvalue weighted by molar-refractivity contribution is -0.135. The fourth-order valence-electron chi connectivity index (χ4n) is 3.79. The number of carbonyl (C=O) groups excluding carboxylic acids is 1. The van der Waals surface area contributed by atoms with E-state index in [9.17, 15) is 4.79 Å². The molecule has 2 fully saturated rings. The summed E-state index contributed by atoms with van der Waals surface area (Å²) >= 11 is 0. The van der Waals surface area contributed by atoms with Gasteiger partial charge in [0, 0.05) is 25.0 Å². The molecule has 0 heterocycles. The van der Waals surface area contributed by atoms with Crippen LogP contribution in [0.1, 0.15) is 71.1 Å². The van der Waals surface area contributed by atoms with Gasteiger partial charge in [-0.2, -0.15) is 0 Å². The van der Waals surface area contributed by atoms with E-state index < -0.39 is 0 Å². The van der Waals surface area contributed by atoms with E-state index in [0.29, 0.717) is 23.9 Å². The average Bonchev–Trinajstić information content (AvgIpc) is 2.43. The van der Waals surface area contributed by atoms with E-state index in [2.05, 4.69) is 11.8 Å². The van der Waals surface area contributed by atoms with Crippen LogP contribution in [0.4, 0.5) is 0 Å². The zero-order chi connectivity index (χ0) is 13.7. The second-order valence-corrected chi connectivity index (χ2v) is 6.46. The molecule has 19 heavy (non-hydrogen) atoms. The lowest BCUT2D eigenvalue weighted by atomic mass is 9.84. The van der Waals surface area contributed by atoms with Crippen LogP contribution in [0.3, 0.4) is 0 Å². The van der Waals surface area contributed by atoms with Gasteiger partial charge in [-0.15, -0.1) is 0 Å². The molecule has 0 spiro atoms. The molecule has 0 atom stereocenters. The maximum atomic E-state index is 12.5. The Kier molecular flexibility index (Phi) is 5.68. The number of carbonyl (C=O) groups is 1. The number of nitrogens with two attached hydrogens (primary N) is 1. The van der Waals surface area contributed by atoms with Crippen LogP contribution in [-0.4, -0.2) is 29.4 Å². The third kappa shape index (κ3) is 4.20. The Morgan fingerprint density at radius 2 is 1.68 bits per heavy atom. The number of amides is 1. The van der Waals surface area contributed by atoms with Crippen molar-refractivity contribution in [3.8, 4) is 0 Å². The molecule has 0 aromatic carbocycles. The molecule has 0 radical (unpaired) electrons. The highest BCUT2D eigenvalue weighted by molar-refractivity contribution is 5.76. The topological polar surface area (TPSA) is 46.3 Å². The minimum absolute atomic E-state index is 0.381. The van der Waals surface area contributed by atoms with E-state index in [1.54, 1.807) is 0 Å². The van der Waals surface area contributed by atoms with E-state index in [1.807, 2.05) is 0 Å². The Morgan fingerprint density at radius 1 is 1.05 bits per heavy atom. The Balaban J connectivity index is 1.82. The maximum absolute atomic E-state index is 12.5. The van der Waals surface area contributed by atoms with Crippen LogP contribution in [0.2, 0.25) is 0 Å². The molecule has 2 rings (SSSR count). The first kappa shape index (κ1) is 14.8. The molecule has 0 aliphatic heterocycles. The van der Waals surface area contributed by atoms with Crippen molar-refractivity contribution in [2.24, 2.45) is 11.7 Å². The Hall–Kier alpha value is -0.570. The van der Waals surface area contributed by atoms with Crippen molar-refractivity contribution in [2.45, 2.75) is 83.2 Å². The minimum Gasteiger partial charge on any atom is -0.340 e. The molecule has 110 valence electrons. The molecule has 0 unspecified atom stereocenters. The summed E-state index contributed by atoms with van der Waals surface area (Å²) in [5.41, 5.74) is 5.94. The molecule has 2 aliphatic rings. The molecule has 1 amide bonds. The van der Waals surface area contributed by atoms with Crippen LogP contribution >= 0.6 is 0 Å². The molecule has 3 heteroatoms. The molecule has 0 aromatic heterocycles. The Labute approximate surface area is 117 Å². The number of rotatable bonds is 4. The van der Waals surface area contributed by atoms with Gasteiger partial charge in [0.05, 0.1) is 0 Å². The monoisotopic (exact) mass is 266 g/mol. The molecule has 0 aromatic rings. The van der Waals surface area contributed by atoms with Gasteiger partial charge in [0.2, 0.25) is 5.91 Å². The average molecular weight is 266 g/mol. The zero-order valence-electron chi connectivity index (χ0n) is 12.4. The maximum Gasteiger partial charge on any atom is 0.223 e. The van der Waals surface area contributed by atoms with Crippen molar-refractivity contribution in [2.75, 3.05) is 6.54 Å². The summed E-state index contributed by atoms with van der Waals surface area (Å²) in [6.07, 6.45) is 11.6. The van der Waals surface area contributed by atoms with E-state index in [4.69, 9.17) is 5.73 Å². The third-order valence-electron chi connectivity index (χ3n) is 5.03. The van der Waals surface area contributed by atoms with Gasteiger partial charge in [-0.25, -0.2) is 0 Å². The molecular formula is C16H30N2O. The van der Waals surface area contributed by atoms with Crippen molar-refractivity contribution >= 4 is 5.91 Å². The van der Waals surface area contributed by atoms with Gasteiger partial charge < -0.3 is 10.6 Å². The quantitative estimate of drug-likeness (QED) is 0.850. The second-order valence-electron chi connectivity index (χ2n) is 6.46. The lowest BCUT2D eigenvalue weighted by Crippen LogP contribution is -2.42. The highest BCUT2D eigenvalue weighted by atomic mass is 16.2. The van der Waals surface area contributed by atoms with Crippen molar-refractivity contribution in [3.63, 3.8) is 0 Å². The van der Waals surface area contributed by atoms with Crippen molar-refractivity contribution in [3.05, 3.63) is 0 Å². The molecular weight excluding hydrogens is 236 g/mol. The smallest absolute Gasteiger partial charge is 0.223 e. The van der Waals surface area contributed by atoms with Gasteiger partial charge in [0.15, 0.2) is 0 Å². The molecule has 3 nitrogen and oxygen atoms in total. The molecule has 0 bridgehead atoms. The van der Waals surface area contributed by atoms with Gasteiger partial charge in [-0.05, 0) is 51.4 Å². The Morgan fingerprint density at radius 3 is 2.26 bits per heavy atom. The summed E-state index contributed by atoms with van der Waals surface area (Å²) in [6.45, 7) is 3.01. The number of nitrogens with zero attached hydrogens (tertiary/aromatic N) is 1. The second kappa shape index (κ2) is 7.28. The van der Waals surface area contributed by atoms with E-state index in [1.165, 1.54) is 32.1 Å². The molecule has 2 saturated carbocycles. The fraction of sp³-hybridized carbons (Fsp3) is 0.938. The van der Waals surface area contributed by atoms with Crippen molar-refractivity contribution < 1.29 is 4.79 Å². The summed E-state index contributed by atoms with van der Waals surface area (Å²) in [6, 6.07) is 0.907. The molecule has 2 N–H and O–H groups in total. The highest BCUT2D eigenvalue weighted by Crippen LogP contribution is 2.28. The first-order valence-electron chi connectivity index (χ1n) is 8.25. The largest absolute Gasteiger partial charge is 0.340 e. The van der Waals surface area contributed by atoms with Gasteiger partial charge in [-0.3, -0.25) is 4.79 Å². The Bertz CT molecular complexity index is 278. The fourth-order valence-corrected chi connectivity index (χ4v) is 3.79. The summed E-state index contributed by atoms with van der Waals surface area (Å²) in [5, 5.41) is 0. The summed E-state index contributed by atoms with van der Waals surface area (Å²) in [7, 11) is 0. The first-order valence-corrected chi connectivity index (χ1v) is 8.25. The number of hydrogen-bond donors (Lipinski definition) is 1. The van der Waals surface area contributed by atoms with Crippen LogP contribution in [0.25, 0.3) is 0 Å². The first-order chi connectivity index (χ1) is 9.20. The van der Waals surface area contributed by atoms with Crippen molar-refractivity contribution in [1.82, 2.24) is 4.90 Å². The summed E-state index contributed by atoms with van der Waals surface area (Å²) in [4.78, 5) is 14.7. The predicted octanol–water partition coefficient (Wildman–Crippen LogP) is 3.08. The highest BCUT2D eigenvalue weighted by Gasteiger charge is 2.27. The minimum atomic E-state index is 0.381. The van der Waals surface area contributed by atoms with E-state index in [0.717, 1.165) is 38.6 Å². The SMILES string of the molecule is CCN(C(=O)CC1CCC(N)CC1)C1CCCCC1. The summed E-state index contributed by atoms with van der Waals surface area (Å²) < 4.78 is 0.